The Bertz CT molecular complexity index is 1260. The molecular formula is C27H26N2O4. The molecular weight excluding hydrogens is 416 g/mol. The Kier molecular flexibility index (Phi) is 7.19. The summed E-state index contributed by atoms with van der Waals surface area (Å²) in [6, 6.07) is 28.8. The zero-order valence-corrected chi connectivity index (χ0v) is 18.1. The van der Waals surface area contributed by atoms with Crippen molar-refractivity contribution < 1.29 is 19.4 Å². The number of aromatic carboxylic acids is 1. The molecule has 3 N–H and O–H groups in total. The zero-order valence-electron chi connectivity index (χ0n) is 18.1. The molecule has 0 aliphatic heterocycles. The SMILES string of the molecule is O=C(O)c1ccccc1.OC(CNCc1ccco1)Cn1c2ccccc2c2ccccc21. The van der Waals surface area contributed by atoms with Crippen LogP contribution >= 0.6 is 0 Å². The van der Waals surface area contributed by atoms with Crippen LogP contribution in [0.4, 0.5) is 0 Å². The summed E-state index contributed by atoms with van der Waals surface area (Å²) < 4.78 is 7.49. The van der Waals surface area contributed by atoms with E-state index in [0.717, 1.165) is 16.8 Å². The summed E-state index contributed by atoms with van der Waals surface area (Å²) in [7, 11) is 0. The number of furan rings is 1. The number of nitrogens with one attached hydrogen (secondary N) is 1. The van der Waals surface area contributed by atoms with E-state index in [9.17, 15) is 9.90 Å². The van der Waals surface area contributed by atoms with Gasteiger partial charge >= 0.3 is 5.97 Å². The largest absolute Gasteiger partial charge is 0.478 e. The number of aromatic nitrogens is 1. The van der Waals surface area contributed by atoms with Crippen molar-refractivity contribution in [2.75, 3.05) is 6.54 Å². The van der Waals surface area contributed by atoms with Gasteiger partial charge in [0, 0.05) is 28.4 Å². The topological polar surface area (TPSA) is 87.6 Å². The van der Waals surface area contributed by atoms with Gasteiger partial charge in [-0.2, -0.15) is 0 Å². The summed E-state index contributed by atoms with van der Waals surface area (Å²) >= 11 is 0. The monoisotopic (exact) mass is 442 g/mol. The van der Waals surface area contributed by atoms with Crippen LogP contribution in [0, 0.1) is 0 Å². The fourth-order valence-electron chi connectivity index (χ4n) is 3.83. The Labute approximate surface area is 191 Å². The molecule has 0 amide bonds. The smallest absolute Gasteiger partial charge is 0.335 e. The Balaban J connectivity index is 0.000000243. The highest BCUT2D eigenvalue weighted by atomic mass is 16.4. The zero-order chi connectivity index (χ0) is 23.0. The van der Waals surface area contributed by atoms with Crippen molar-refractivity contribution in [3.63, 3.8) is 0 Å². The fraction of sp³-hybridized carbons (Fsp3) is 0.148. The van der Waals surface area contributed by atoms with E-state index in [1.165, 1.54) is 10.8 Å². The van der Waals surface area contributed by atoms with Crippen molar-refractivity contribution in [3.05, 3.63) is 109 Å². The quantitative estimate of drug-likeness (QED) is 0.333. The fourth-order valence-corrected chi connectivity index (χ4v) is 3.83. The molecule has 0 radical (unpaired) electrons. The van der Waals surface area contributed by atoms with Crippen LogP contribution in [0.5, 0.6) is 0 Å². The van der Waals surface area contributed by atoms with E-state index in [1.807, 2.05) is 24.3 Å². The van der Waals surface area contributed by atoms with E-state index in [-0.39, 0.29) is 0 Å². The molecule has 0 fully saturated rings. The van der Waals surface area contributed by atoms with Crippen LogP contribution in [0.1, 0.15) is 16.1 Å². The molecule has 0 aliphatic carbocycles. The first-order valence-electron chi connectivity index (χ1n) is 10.8. The summed E-state index contributed by atoms with van der Waals surface area (Å²) in [6.45, 7) is 1.69. The predicted octanol–water partition coefficient (Wildman–Crippen LogP) is 4.92. The number of benzene rings is 3. The van der Waals surface area contributed by atoms with Gasteiger partial charge in [0.1, 0.15) is 5.76 Å². The molecule has 0 saturated heterocycles. The summed E-state index contributed by atoms with van der Waals surface area (Å²) in [5, 5.41) is 24.5. The van der Waals surface area contributed by atoms with Gasteiger partial charge in [-0.05, 0) is 36.4 Å². The van der Waals surface area contributed by atoms with Crippen molar-refractivity contribution in [1.82, 2.24) is 9.88 Å². The van der Waals surface area contributed by atoms with Gasteiger partial charge in [-0.1, -0.05) is 54.6 Å². The molecule has 0 spiro atoms. The van der Waals surface area contributed by atoms with Crippen LogP contribution in [0.2, 0.25) is 0 Å². The lowest BCUT2D eigenvalue weighted by Gasteiger charge is -2.14. The average molecular weight is 443 g/mol. The third kappa shape index (κ3) is 5.49. The van der Waals surface area contributed by atoms with Gasteiger partial charge in [0.2, 0.25) is 0 Å². The van der Waals surface area contributed by atoms with Gasteiger partial charge in [-0.25, -0.2) is 4.79 Å². The summed E-state index contributed by atoms with van der Waals surface area (Å²) in [5.41, 5.74) is 2.64. The number of nitrogens with zero attached hydrogens (tertiary/aromatic N) is 1. The van der Waals surface area contributed by atoms with E-state index < -0.39 is 12.1 Å². The van der Waals surface area contributed by atoms with Crippen molar-refractivity contribution in [1.29, 1.82) is 0 Å². The summed E-state index contributed by atoms with van der Waals surface area (Å²) in [5.74, 6) is -0.00494. The maximum atomic E-state index is 10.5. The number of carbonyl (C=O) groups is 1. The molecule has 5 aromatic rings. The second kappa shape index (κ2) is 10.6. The molecule has 1 unspecified atom stereocenters. The minimum absolute atomic E-state index is 0.331. The van der Waals surface area contributed by atoms with E-state index in [4.69, 9.17) is 9.52 Å². The summed E-state index contributed by atoms with van der Waals surface area (Å²) in [6.07, 6.45) is 1.19. The number of aliphatic hydroxyl groups is 1. The van der Waals surface area contributed by atoms with Crippen molar-refractivity contribution >= 4 is 27.8 Å². The highest BCUT2D eigenvalue weighted by Gasteiger charge is 2.13. The first-order valence-corrected chi connectivity index (χ1v) is 10.8. The van der Waals surface area contributed by atoms with Gasteiger partial charge in [0.25, 0.3) is 0 Å². The number of hydrogen-bond acceptors (Lipinski definition) is 4. The number of rotatable bonds is 7. The van der Waals surface area contributed by atoms with Gasteiger partial charge in [-0.15, -0.1) is 0 Å². The Morgan fingerprint density at radius 2 is 1.45 bits per heavy atom. The number of fused-ring (bicyclic) bond motifs is 3. The van der Waals surface area contributed by atoms with Crippen molar-refractivity contribution in [3.8, 4) is 0 Å². The Morgan fingerprint density at radius 3 is 2.00 bits per heavy atom. The molecule has 6 heteroatoms. The van der Waals surface area contributed by atoms with E-state index >= 15 is 0 Å². The molecule has 1 atom stereocenters. The molecule has 2 heterocycles. The molecule has 5 rings (SSSR count). The van der Waals surface area contributed by atoms with Gasteiger partial charge in [-0.3, -0.25) is 0 Å². The maximum absolute atomic E-state index is 10.5. The second-order valence-corrected chi connectivity index (χ2v) is 7.68. The van der Waals surface area contributed by atoms with Crippen LogP contribution < -0.4 is 5.32 Å². The minimum Gasteiger partial charge on any atom is -0.478 e. The molecule has 33 heavy (non-hydrogen) atoms. The molecule has 168 valence electrons. The van der Waals surface area contributed by atoms with Crippen LogP contribution in [0.15, 0.2) is 102 Å². The lowest BCUT2D eigenvalue weighted by molar-refractivity contribution is 0.0697. The number of para-hydroxylation sites is 2. The number of hydrogen-bond donors (Lipinski definition) is 3. The first kappa shape index (κ1) is 22.3. The minimum atomic E-state index is -0.879. The highest BCUT2D eigenvalue weighted by Crippen LogP contribution is 2.28. The third-order valence-electron chi connectivity index (χ3n) is 5.35. The van der Waals surface area contributed by atoms with Gasteiger partial charge in [0.15, 0.2) is 0 Å². The van der Waals surface area contributed by atoms with Gasteiger partial charge < -0.3 is 24.5 Å². The normalized spacial score (nSPS) is 11.8. The first-order chi connectivity index (χ1) is 16.1. The lowest BCUT2D eigenvalue weighted by atomic mass is 10.2. The maximum Gasteiger partial charge on any atom is 0.335 e. The van der Waals surface area contributed by atoms with Crippen LogP contribution in [0.25, 0.3) is 21.8 Å². The molecule has 0 bridgehead atoms. The van der Waals surface area contributed by atoms with Crippen LogP contribution in [0.3, 0.4) is 0 Å². The molecule has 0 saturated carbocycles. The van der Waals surface area contributed by atoms with Crippen molar-refractivity contribution in [2.24, 2.45) is 0 Å². The number of carboxylic acid groups (broad SMARTS) is 1. The summed E-state index contributed by atoms with van der Waals surface area (Å²) in [4.78, 5) is 10.2. The number of aliphatic hydroxyl groups excluding tert-OH is 1. The lowest BCUT2D eigenvalue weighted by Crippen LogP contribution is -2.29. The highest BCUT2D eigenvalue weighted by molar-refractivity contribution is 6.07. The van der Waals surface area contributed by atoms with E-state index in [0.29, 0.717) is 25.2 Å². The van der Waals surface area contributed by atoms with Crippen LogP contribution in [-0.4, -0.2) is 33.4 Å². The van der Waals surface area contributed by atoms with E-state index in [1.54, 1.807) is 36.6 Å². The van der Waals surface area contributed by atoms with Crippen LogP contribution in [-0.2, 0) is 13.1 Å². The Morgan fingerprint density at radius 1 is 0.848 bits per heavy atom. The predicted molar refractivity (Wildman–Crippen MR) is 129 cm³/mol. The van der Waals surface area contributed by atoms with Crippen molar-refractivity contribution in [2.45, 2.75) is 19.2 Å². The third-order valence-corrected chi connectivity index (χ3v) is 5.35. The standard InChI is InChI=1S/C20H20N2O2.C7H6O2/c23-15(12-21-13-16-6-5-11-24-16)14-22-19-9-3-1-7-17(19)18-8-2-4-10-20(18)22;8-7(9)6-4-2-1-3-5-6/h1-11,15,21,23H,12-14H2;1-5H,(H,8,9). The molecule has 6 nitrogen and oxygen atoms in total. The second-order valence-electron chi connectivity index (χ2n) is 7.68. The van der Waals surface area contributed by atoms with Gasteiger partial charge in [0.05, 0.1) is 31.0 Å². The van der Waals surface area contributed by atoms with E-state index in [2.05, 4.69) is 46.3 Å². The Hall–Kier alpha value is -3.87. The molecule has 0 aliphatic rings. The average Bonchev–Trinajstić information content (AvgIpc) is 3.47. The number of carboxylic acids is 1. The molecule has 2 aromatic heterocycles. The molecule has 3 aromatic carbocycles.